The fourth-order valence-electron chi connectivity index (χ4n) is 3.20. The van der Waals surface area contributed by atoms with Crippen LogP contribution in [-0.4, -0.2) is 5.11 Å². The lowest BCUT2D eigenvalue weighted by atomic mass is 9.83. The highest BCUT2D eigenvalue weighted by Gasteiger charge is 2.27. The number of unbranched alkanes of at least 4 members (excludes halogenated alkanes) is 8. The molecule has 0 aliphatic carbocycles. The molecule has 1 nitrogen and oxygen atoms in total. The number of benzene rings is 1. The maximum Gasteiger partial charge on any atom is 0.0896 e. The van der Waals surface area contributed by atoms with E-state index < -0.39 is 5.60 Å². The molecule has 0 saturated carbocycles. The molecule has 22 heavy (non-hydrogen) atoms. The van der Waals surface area contributed by atoms with Crippen molar-refractivity contribution in [2.24, 2.45) is 0 Å². The van der Waals surface area contributed by atoms with Crippen molar-refractivity contribution in [3.63, 3.8) is 0 Å². The van der Waals surface area contributed by atoms with Crippen molar-refractivity contribution in [2.75, 3.05) is 0 Å². The first-order chi connectivity index (χ1) is 10.7. The fraction of sp³-hybridized carbons (Fsp3) is 0.714. The maximum absolute atomic E-state index is 11.2. The molecule has 1 aromatic rings. The standard InChI is InChI=1S/C21H36O/c1-3-5-7-9-14-18-21(22,19-15-10-8-6-4-2)20-16-12-11-13-17-20/h11-13,16-17,22H,3-10,14-15,18-19H2,1-2H3. The summed E-state index contributed by atoms with van der Waals surface area (Å²) in [4.78, 5) is 0. The summed E-state index contributed by atoms with van der Waals surface area (Å²) in [6, 6.07) is 10.3. The van der Waals surface area contributed by atoms with Crippen LogP contribution in [0.4, 0.5) is 0 Å². The van der Waals surface area contributed by atoms with E-state index >= 15 is 0 Å². The van der Waals surface area contributed by atoms with Crippen LogP contribution >= 0.6 is 0 Å². The van der Waals surface area contributed by atoms with E-state index in [2.05, 4.69) is 38.1 Å². The first-order valence-electron chi connectivity index (χ1n) is 9.51. The first-order valence-corrected chi connectivity index (χ1v) is 9.51. The Bertz CT molecular complexity index is 343. The van der Waals surface area contributed by atoms with Gasteiger partial charge in [0.15, 0.2) is 0 Å². The van der Waals surface area contributed by atoms with Crippen molar-refractivity contribution in [3.05, 3.63) is 35.9 Å². The molecular formula is C21H36O. The predicted octanol–water partition coefficient (Wildman–Crippen LogP) is 6.60. The van der Waals surface area contributed by atoms with Gasteiger partial charge in [-0.25, -0.2) is 0 Å². The molecule has 0 saturated heterocycles. The van der Waals surface area contributed by atoms with Crippen LogP contribution in [0.15, 0.2) is 30.3 Å². The van der Waals surface area contributed by atoms with Crippen LogP contribution < -0.4 is 0 Å². The van der Waals surface area contributed by atoms with Gasteiger partial charge in [0.2, 0.25) is 0 Å². The summed E-state index contributed by atoms with van der Waals surface area (Å²) >= 11 is 0. The molecule has 0 aliphatic rings. The van der Waals surface area contributed by atoms with Gasteiger partial charge in [-0.2, -0.15) is 0 Å². The highest BCUT2D eigenvalue weighted by Crippen LogP contribution is 2.33. The SMILES string of the molecule is CCCCCCCC(O)(CCCCCCC)c1ccccc1. The van der Waals surface area contributed by atoms with Crippen molar-refractivity contribution in [1.29, 1.82) is 0 Å². The van der Waals surface area contributed by atoms with Crippen molar-refractivity contribution >= 4 is 0 Å². The summed E-state index contributed by atoms with van der Waals surface area (Å²) in [6.07, 6.45) is 14.4. The van der Waals surface area contributed by atoms with E-state index in [1.165, 1.54) is 51.4 Å². The minimum absolute atomic E-state index is 0.611. The molecule has 0 spiro atoms. The smallest absolute Gasteiger partial charge is 0.0896 e. The normalized spacial score (nSPS) is 11.8. The second kappa shape index (κ2) is 11.7. The minimum Gasteiger partial charge on any atom is -0.385 e. The van der Waals surface area contributed by atoms with E-state index in [1.807, 2.05) is 6.07 Å². The van der Waals surface area contributed by atoms with Crippen molar-refractivity contribution in [2.45, 2.75) is 96.5 Å². The van der Waals surface area contributed by atoms with Gasteiger partial charge in [-0.1, -0.05) is 108 Å². The maximum atomic E-state index is 11.2. The lowest BCUT2D eigenvalue weighted by molar-refractivity contribution is 0.0132. The molecule has 0 bridgehead atoms. The topological polar surface area (TPSA) is 20.2 Å². The van der Waals surface area contributed by atoms with E-state index in [1.54, 1.807) is 0 Å². The van der Waals surface area contributed by atoms with Gasteiger partial charge in [-0.3, -0.25) is 0 Å². The van der Waals surface area contributed by atoms with E-state index in [0.29, 0.717) is 0 Å². The van der Waals surface area contributed by atoms with Gasteiger partial charge >= 0.3 is 0 Å². The van der Waals surface area contributed by atoms with Crippen molar-refractivity contribution in [3.8, 4) is 0 Å². The monoisotopic (exact) mass is 304 g/mol. The van der Waals surface area contributed by atoms with Crippen molar-refractivity contribution < 1.29 is 5.11 Å². The van der Waals surface area contributed by atoms with Gasteiger partial charge in [-0.05, 0) is 18.4 Å². The molecule has 1 heteroatoms. The Morgan fingerprint density at radius 3 is 1.59 bits per heavy atom. The molecule has 126 valence electrons. The Labute approximate surface area is 138 Å². The Morgan fingerprint density at radius 1 is 0.682 bits per heavy atom. The van der Waals surface area contributed by atoms with Gasteiger partial charge in [0.25, 0.3) is 0 Å². The lowest BCUT2D eigenvalue weighted by Gasteiger charge is -2.29. The van der Waals surface area contributed by atoms with Gasteiger partial charge in [0.1, 0.15) is 0 Å². The Balaban J connectivity index is 2.49. The van der Waals surface area contributed by atoms with Gasteiger partial charge in [0.05, 0.1) is 5.60 Å². The van der Waals surface area contributed by atoms with Gasteiger partial charge < -0.3 is 5.11 Å². The van der Waals surface area contributed by atoms with Crippen LogP contribution in [0.3, 0.4) is 0 Å². The number of hydrogen-bond donors (Lipinski definition) is 1. The summed E-state index contributed by atoms with van der Waals surface area (Å²) in [7, 11) is 0. The van der Waals surface area contributed by atoms with E-state index in [4.69, 9.17) is 0 Å². The molecule has 0 aromatic heterocycles. The predicted molar refractivity (Wildman–Crippen MR) is 97.1 cm³/mol. The molecule has 1 rings (SSSR count). The van der Waals surface area contributed by atoms with Crippen LogP contribution in [0.2, 0.25) is 0 Å². The molecule has 0 fully saturated rings. The average Bonchev–Trinajstić information content (AvgIpc) is 2.55. The Hall–Kier alpha value is -0.820. The zero-order valence-electron chi connectivity index (χ0n) is 14.8. The van der Waals surface area contributed by atoms with E-state index in [9.17, 15) is 5.11 Å². The summed E-state index contributed by atoms with van der Waals surface area (Å²) in [5.74, 6) is 0. The van der Waals surface area contributed by atoms with Crippen LogP contribution in [-0.2, 0) is 5.60 Å². The molecule has 0 atom stereocenters. The van der Waals surface area contributed by atoms with Crippen LogP contribution in [0.25, 0.3) is 0 Å². The fourth-order valence-corrected chi connectivity index (χ4v) is 3.20. The summed E-state index contributed by atoms with van der Waals surface area (Å²) in [6.45, 7) is 4.49. The molecular weight excluding hydrogens is 268 g/mol. The molecule has 0 radical (unpaired) electrons. The second-order valence-electron chi connectivity index (χ2n) is 6.73. The number of aliphatic hydroxyl groups is 1. The lowest BCUT2D eigenvalue weighted by Crippen LogP contribution is -2.25. The highest BCUT2D eigenvalue weighted by molar-refractivity contribution is 5.22. The van der Waals surface area contributed by atoms with Crippen LogP contribution in [0.1, 0.15) is 96.5 Å². The summed E-state index contributed by atoms with van der Waals surface area (Å²) in [5, 5.41) is 11.2. The van der Waals surface area contributed by atoms with Gasteiger partial charge in [-0.15, -0.1) is 0 Å². The number of hydrogen-bond acceptors (Lipinski definition) is 1. The van der Waals surface area contributed by atoms with Gasteiger partial charge in [0, 0.05) is 0 Å². The summed E-state index contributed by atoms with van der Waals surface area (Å²) < 4.78 is 0. The second-order valence-corrected chi connectivity index (χ2v) is 6.73. The molecule has 1 N–H and O–H groups in total. The van der Waals surface area contributed by atoms with Crippen LogP contribution in [0, 0.1) is 0 Å². The highest BCUT2D eigenvalue weighted by atomic mass is 16.3. The largest absolute Gasteiger partial charge is 0.385 e. The third-order valence-corrected chi connectivity index (χ3v) is 4.70. The first kappa shape index (κ1) is 19.2. The third-order valence-electron chi connectivity index (χ3n) is 4.70. The zero-order chi connectivity index (χ0) is 16.1. The Morgan fingerprint density at radius 2 is 1.14 bits per heavy atom. The van der Waals surface area contributed by atoms with Crippen LogP contribution in [0.5, 0.6) is 0 Å². The molecule has 0 amide bonds. The number of rotatable bonds is 13. The summed E-state index contributed by atoms with van der Waals surface area (Å²) in [5.41, 5.74) is 0.501. The molecule has 1 aromatic carbocycles. The molecule has 0 unspecified atom stereocenters. The van der Waals surface area contributed by atoms with E-state index in [-0.39, 0.29) is 0 Å². The molecule has 0 heterocycles. The quantitative estimate of drug-likeness (QED) is 0.407. The zero-order valence-corrected chi connectivity index (χ0v) is 14.8. The Kier molecular flexibility index (Phi) is 10.2. The van der Waals surface area contributed by atoms with Crippen molar-refractivity contribution in [1.82, 2.24) is 0 Å². The van der Waals surface area contributed by atoms with E-state index in [0.717, 1.165) is 31.2 Å². The minimum atomic E-state index is -0.611. The molecule has 0 aliphatic heterocycles. The third kappa shape index (κ3) is 7.45. The average molecular weight is 305 g/mol.